The SMILES string of the molecule is CN(Cc1ccc(F)c(F)c1)C(=O)Nc1ccc(CC(=O)N2CCSCC2)cc1. The monoisotopic (exact) mass is 419 g/mol. The third-order valence-corrected chi connectivity index (χ3v) is 5.62. The van der Waals surface area contributed by atoms with Crippen LogP contribution in [0.3, 0.4) is 0 Å². The number of anilines is 1. The Kier molecular flexibility index (Phi) is 7.09. The first-order valence-electron chi connectivity index (χ1n) is 9.33. The zero-order valence-corrected chi connectivity index (χ0v) is 17.0. The van der Waals surface area contributed by atoms with Gasteiger partial charge in [-0.3, -0.25) is 4.79 Å². The molecule has 1 aliphatic rings. The third kappa shape index (κ3) is 5.93. The summed E-state index contributed by atoms with van der Waals surface area (Å²) in [5.41, 5.74) is 1.98. The molecule has 0 spiro atoms. The molecule has 154 valence electrons. The van der Waals surface area contributed by atoms with Crippen LogP contribution in [0.5, 0.6) is 0 Å². The molecular weight excluding hydrogens is 396 g/mol. The maximum atomic E-state index is 13.3. The van der Waals surface area contributed by atoms with Gasteiger partial charge in [-0.25, -0.2) is 13.6 Å². The molecule has 1 saturated heterocycles. The lowest BCUT2D eigenvalue weighted by atomic mass is 10.1. The number of benzene rings is 2. The van der Waals surface area contributed by atoms with Crippen LogP contribution in [0.25, 0.3) is 0 Å². The van der Waals surface area contributed by atoms with Crippen molar-refractivity contribution in [3.8, 4) is 0 Å². The van der Waals surface area contributed by atoms with Crippen molar-refractivity contribution in [2.24, 2.45) is 0 Å². The highest BCUT2D eigenvalue weighted by atomic mass is 32.2. The van der Waals surface area contributed by atoms with E-state index in [0.29, 0.717) is 17.7 Å². The Morgan fingerprint density at radius 2 is 1.69 bits per heavy atom. The Morgan fingerprint density at radius 3 is 2.34 bits per heavy atom. The summed E-state index contributed by atoms with van der Waals surface area (Å²) in [6.45, 7) is 1.73. The van der Waals surface area contributed by atoms with Crippen molar-refractivity contribution in [2.45, 2.75) is 13.0 Å². The molecule has 8 heteroatoms. The van der Waals surface area contributed by atoms with Crippen LogP contribution in [0.4, 0.5) is 19.3 Å². The lowest BCUT2D eigenvalue weighted by Gasteiger charge is -2.26. The highest BCUT2D eigenvalue weighted by Gasteiger charge is 2.17. The molecule has 2 aromatic rings. The largest absolute Gasteiger partial charge is 0.341 e. The van der Waals surface area contributed by atoms with Crippen LogP contribution in [0.15, 0.2) is 42.5 Å². The number of hydrogen-bond donors (Lipinski definition) is 1. The first-order chi connectivity index (χ1) is 13.9. The molecule has 0 aromatic heterocycles. The average molecular weight is 419 g/mol. The van der Waals surface area contributed by atoms with E-state index in [9.17, 15) is 18.4 Å². The van der Waals surface area contributed by atoms with Crippen molar-refractivity contribution in [1.82, 2.24) is 9.80 Å². The summed E-state index contributed by atoms with van der Waals surface area (Å²) in [7, 11) is 1.57. The molecule has 3 rings (SSSR count). The fourth-order valence-corrected chi connectivity index (χ4v) is 3.91. The van der Waals surface area contributed by atoms with Gasteiger partial charge in [0, 0.05) is 43.9 Å². The third-order valence-electron chi connectivity index (χ3n) is 4.67. The number of rotatable bonds is 5. The molecular formula is C21H23F2N3O2S. The lowest BCUT2D eigenvalue weighted by molar-refractivity contribution is -0.130. The van der Waals surface area contributed by atoms with Gasteiger partial charge in [-0.2, -0.15) is 11.8 Å². The van der Waals surface area contributed by atoms with E-state index in [-0.39, 0.29) is 18.5 Å². The summed E-state index contributed by atoms with van der Waals surface area (Å²) in [4.78, 5) is 27.9. The molecule has 5 nitrogen and oxygen atoms in total. The van der Waals surface area contributed by atoms with Crippen LogP contribution < -0.4 is 5.32 Å². The Hall–Kier alpha value is -2.61. The van der Waals surface area contributed by atoms with Gasteiger partial charge in [-0.15, -0.1) is 0 Å². The van der Waals surface area contributed by atoms with E-state index in [2.05, 4.69) is 5.32 Å². The second kappa shape index (κ2) is 9.73. The van der Waals surface area contributed by atoms with Crippen LogP contribution in [0.1, 0.15) is 11.1 Å². The highest BCUT2D eigenvalue weighted by Crippen LogP contribution is 2.15. The quantitative estimate of drug-likeness (QED) is 0.803. The van der Waals surface area contributed by atoms with Crippen molar-refractivity contribution in [3.63, 3.8) is 0 Å². The summed E-state index contributed by atoms with van der Waals surface area (Å²) in [6.07, 6.45) is 0.342. The minimum absolute atomic E-state index is 0.119. The van der Waals surface area contributed by atoms with Gasteiger partial charge < -0.3 is 15.1 Å². The first kappa shape index (κ1) is 21.1. The van der Waals surface area contributed by atoms with Gasteiger partial charge in [0.1, 0.15) is 0 Å². The molecule has 1 N–H and O–H groups in total. The molecule has 2 aromatic carbocycles. The molecule has 1 fully saturated rings. The van der Waals surface area contributed by atoms with Crippen LogP contribution in [-0.4, -0.2) is 53.4 Å². The molecule has 1 heterocycles. The standard InChI is InChI=1S/C21H23F2N3O2S/c1-25(14-16-4-7-18(22)19(23)12-16)21(28)24-17-5-2-15(3-6-17)13-20(27)26-8-10-29-11-9-26/h2-7,12H,8-11,13-14H2,1H3,(H,24,28). The minimum atomic E-state index is -0.940. The first-order valence-corrected chi connectivity index (χ1v) is 10.5. The van der Waals surface area contributed by atoms with Crippen molar-refractivity contribution in [1.29, 1.82) is 0 Å². The van der Waals surface area contributed by atoms with Crippen LogP contribution >= 0.6 is 11.8 Å². The second-order valence-corrected chi connectivity index (χ2v) is 8.13. The molecule has 0 unspecified atom stereocenters. The summed E-state index contributed by atoms with van der Waals surface area (Å²) in [5.74, 6) is 0.223. The molecule has 1 aliphatic heterocycles. The van der Waals surface area contributed by atoms with Crippen molar-refractivity contribution >= 4 is 29.4 Å². The normalized spacial score (nSPS) is 13.8. The molecule has 0 aliphatic carbocycles. The second-order valence-electron chi connectivity index (χ2n) is 6.90. The maximum Gasteiger partial charge on any atom is 0.321 e. The van der Waals surface area contributed by atoms with Crippen molar-refractivity contribution in [3.05, 3.63) is 65.2 Å². The summed E-state index contributed by atoms with van der Waals surface area (Å²) in [5, 5.41) is 2.75. The van der Waals surface area contributed by atoms with E-state index >= 15 is 0 Å². The molecule has 0 bridgehead atoms. The number of carbonyl (C=O) groups excluding carboxylic acids is 2. The number of halogens is 2. The zero-order chi connectivity index (χ0) is 20.8. The Morgan fingerprint density at radius 1 is 1.03 bits per heavy atom. The molecule has 0 radical (unpaired) electrons. The number of nitrogens with zero attached hydrogens (tertiary/aromatic N) is 2. The van der Waals surface area contributed by atoms with Gasteiger partial charge in [-0.05, 0) is 35.4 Å². The number of carbonyl (C=O) groups is 2. The van der Waals surface area contributed by atoms with Crippen LogP contribution in [-0.2, 0) is 17.8 Å². The van der Waals surface area contributed by atoms with E-state index in [0.717, 1.165) is 42.3 Å². The number of thioether (sulfide) groups is 1. The van der Waals surface area contributed by atoms with Gasteiger partial charge in [0.05, 0.1) is 6.42 Å². The zero-order valence-electron chi connectivity index (χ0n) is 16.2. The fourth-order valence-electron chi connectivity index (χ4n) is 3.01. The van der Waals surface area contributed by atoms with Crippen molar-refractivity contribution in [2.75, 3.05) is 37.0 Å². The molecule has 0 saturated carbocycles. The van der Waals surface area contributed by atoms with E-state index in [1.54, 1.807) is 19.2 Å². The van der Waals surface area contributed by atoms with Crippen molar-refractivity contribution < 1.29 is 18.4 Å². The van der Waals surface area contributed by atoms with Crippen LogP contribution in [0.2, 0.25) is 0 Å². The molecule has 29 heavy (non-hydrogen) atoms. The van der Waals surface area contributed by atoms with E-state index in [1.807, 2.05) is 28.8 Å². The summed E-state index contributed by atoms with van der Waals surface area (Å²) >= 11 is 1.86. The number of amides is 3. The predicted octanol–water partition coefficient (Wildman–Crippen LogP) is 3.75. The molecule has 0 atom stereocenters. The average Bonchev–Trinajstić information content (AvgIpc) is 2.72. The topological polar surface area (TPSA) is 52.7 Å². The Balaban J connectivity index is 1.52. The number of nitrogens with one attached hydrogen (secondary N) is 1. The molecule has 3 amide bonds. The van der Waals surface area contributed by atoms with Gasteiger partial charge >= 0.3 is 6.03 Å². The van der Waals surface area contributed by atoms with Gasteiger partial charge in [0.15, 0.2) is 11.6 Å². The van der Waals surface area contributed by atoms with E-state index < -0.39 is 11.6 Å². The van der Waals surface area contributed by atoms with E-state index in [4.69, 9.17) is 0 Å². The van der Waals surface area contributed by atoms with Gasteiger partial charge in [0.25, 0.3) is 0 Å². The summed E-state index contributed by atoms with van der Waals surface area (Å²) < 4.78 is 26.3. The highest BCUT2D eigenvalue weighted by molar-refractivity contribution is 7.99. The lowest BCUT2D eigenvalue weighted by Crippen LogP contribution is -2.38. The number of urea groups is 1. The Labute approximate surface area is 173 Å². The number of hydrogen-bond acceptors (Lipinski definition) is 3. The van der Waals surface area contributed by atoms with E-state index in [1.165, 1.54) is 11.0 Å². The van der Waals surface area contributed by atoms with Gasteiger partial charge in [-0.1, -0.05) is 18.2 Å². The predicted molar refractivity (Wildman–Crippen MR) is 111 cm³/mol. The summed E-state index contributed by atoms with van der Waals surface area (Å²) in [6, 6.07) is 10.3. The smallest absolute Gasteiger partial charge is 0.321 e. The van der Waals surface area contributed by atoms with Gasteiger partial charge in [0.2, 0.25) is 5.91 Å². The fraction of sp³-hybridized carbons (Fsp3) is 0.333. The van der Waals surface area contributed by atoms with Crippen LogP contribution in [0, 0.1) is 11.6 Å². The Bertz CT molecular complexity index is 871. The minimum Gasteiger partial charge on any atom is -0.341 e. The maximum absolute atomic E-state index is 13.3.